The first-order valence-corrected chi connectivity index (χ1v) is 13.8. The Bertz CT molecular complexity index is 1320. The molecule has 3 aromatic rings. The molecule has 34 heavy (non-hydrogen) atoms. The number of rotatable bonds is 12. The highest BCUT2D eigenvalue weighted by molar-refractivity contribution is 9.10. The molecule has 0 spiro atoms. The van der Waals surface area contributed by atoms with E-state index in [2.05, 4.69) is 53.7 Å². The summed E-state index contributed by atoms with van der Waals surface area (Å²) in [6, 6.07) is 3.72. The van der Waals surface area contributed by atoms with Crippen LogP contribution in [0, 0.1) is 0 Å². The summed E-state index contributed by atoms with van der Waals surface area (Å²) in [6.07, 6.45) is 15.8. The molecule has 8 heteroatoms. The summed E-state index contributed by atoms with van der Waals surface area (Å²) < 4.78 is 3.36. The van der Waals surface area contributed by atoms with Crippen molar-refractivity contribution in [2.24, 2.45) is 4.99 Å². The molecule has 0 radical (unpaired) electrons. The van der Waals surface area contributed by atoms with Crippen molar-refractivity contribution < 1.29 is 9.90 Å². The number of hydrogen-bond acceptors (Lipinski definition) is 4. The number of carbonyl (C=O) groups is 1. The molecular formula is C26H30Br2N4O2. The molecule has 0 saturated carbocycles. The standard InChI is InChI=1S/C26H30Br2N4O2/c1-2-3-4-5-6-7-8-9-10-11-12-32-24-20(14-18(28)16-30-24)22(26(32)34)21-19-13-17(27)15-29-23(19)31-25(21)33/h13-16,34H,2-12H2,1H3. The number of pyridine rings is 2. The lowest BCUT2D eigenvalue weighted by atomic mass is 10.0. The van der Waals surface area contributed by atoms with Gasteiger partial charge < -0.3 is 5.11 Å². The van der Waals surface area contributed by atoms with Gasteiger partial charge in [-0.15, -0.1) is 0 Å². The highest BCUT2D eigenvalue weighted by atomic mass is 79.9. The maximum Gasteiger partial charge on any atom is 0.280 e. The summed E-state index contributed by atoms with van der Waals surface area (Å²) in [7, 11) is 0. The second-order valence-electron chi connectivity index (χ2n) is 8.87. The fraction of sp³-hybridized carbons (Fsp3) is 0.462. The number of hydrogen-bond donors (Lipinski definition) is 1. The maximum absolute atomic E-state index is 12.9. The van der Waals surface area contributed by atoms with E-state index in [0.717, 1.165) is 27.2 Å². The lowest BCUT2D eigenvalue weighted by Gasteiger charge is -2.07. The number of halogens is 2. The van der Waals surface area contributed by atoms with Crippen LogP contribution in [0.25, 0.3) is 16.6 Å². The summed E-state index contributed by atoms with van der Waals surface area (Å²) in [5.74, 6) is -0.336. The molecule has 1 amide bonds. The van der Waals surface area contributed by atoms with Gasteiger partial charge in [-0.25, -0.2) is 9.97 Å². The summed E-state index contributed by atoms with van der Waals surface area (Å²) in [5, 5.41) is 12.6. The van der Waals surface area contributed by atoms with Crippen LogP contribution in [0.15, 0.2) is 38.5 Å². The van der Waals surface area contributed by atoms with Crippen LogP contribution in [0.4, 0.5) is 0 Å². The first kappa shape index (κ1) is 25.0. The molecule has 4 rings (SSSR count). The van der Waals surface area contributed by atoms with E-state index in [1.807, 2.05) is 16.7 Å². The van der Waals surface area contributed by atoms with Crippen LogP contribution in [-0.4, -0.2) is 25.5 Å². The lowest BCUT2D eigenvalue weighted by molar-refractivity contribution is -0.112. The minimum absolute atomic E-state index is 0.0582. The average molecular weight is 590 g/mol. The predicted molar refractivity (Wildman–Crippen MR) is 141 cm³/mol. The molecule has 0 fully saturated rings. The highest BCUT2D eigenvalue weighted by Gasteiger charge is 2.28. The Morgan fingerprint density at radius 2 is 1.50 bits per heavy atom. The molecule has 0 atom stereocenters. The number of aromatic hydroxyl groups is 1. The van der Waals surface area contributed by atoms with E-state index in [-0.39, 0.29) is 5.88 Å². The second kappa shape index (κ2) is 11.6. The lowest BCUT2D eigenvalue weighted by Crippen LogP contribution is -2.26. The average Bonchev–Trinajstić information content (AvgIpc) is 3.26. The number of nitrogens with zero attached hydrogens (tertiary/aromatic N) is 4. The van der Waals surface area contributed by atoms with Gasteiger partial charge in [0, 0.05) is 38.5 Å². The molecule has 0 saturated heterocycles. The largest absolute Gasteiger partial charge is 0.494 e. The van der Waals surface area contributed by atoms with Crippen LogP contribution in [0.3, 0.4) is 0 Å². The smallest absolute Gasteiger partial charge is 0.280 e. The Labute approximate surface area is 216 Å². The molecule has 0 unspecified atom stereocenters. The van der Waals surface area contributed by atoms with Crippen molar-refractivity contribution in [3.63, 3.8) is 0 Å². The number of unbranched alkanes of at least 4 members (excludes halogenated alkanes) is 9. The van der Waals surface area contributed by atoms with Crippen molar-refractivity contribution in [3.8, 4) is 5.88 Å². The van der Waals surface area contributed by atoms with Gasteiger partial charge >= 0.3 is 0 Å². The Morgan fingerprint density at radius 1 is 0.882 bits per heavy atom. The molecule has 0 aromatic carbocycles. The molecule has 1 aliphatic heterocycles. The zero-order chi connectivity index (χ0) is 24.1. The van der Waals surface area contributed by atoms with E-state index in [1.165, 1.54) is 51.4 Å². The number of amides is 1. The number of aryl methyl sites for hydroxylation is 1. The number of aromatic nitrogens is 3. The van der Waals surface area contributed by atoms with Gasteiger partial charge in [-0.3, -0.25) is 9.36 Å². The minimum Gasteiger partial charge on any atom is -0.494 e. The van der Waals surface area contributed by atoms with Gasteiger partial charge in [-0.05, 0) is 50.4 Å². The van der Waals surface area contributed by atoms with Crippen LogP contribution in [0.5, 0.6) is 5.88 Å². The predicted octanol–water partition coefficient (Wildman–Crippen LogP) is 5.94. The third-order valence-corrected chi connectivity index (χ3v) is 7.21. The molecule has 0 aliphatic carbocycles. The summed E-state index contributed by atoms with van der Waals surface area (Å²) >= 11 is 6.91. The van der Waals surface area contributed by atoms with Gasteiger partial charge in [0.05, 0.1) is 11.1 Å². The molecule has 1 N–H and O–H groups in total. The van der Waals surface area contributed by atoms with E-state index in [1.54, 1.807) is 12.4 Å². The molecule has 3 aromatic heterocycles. The zero-order valence-corrected chi connectivity index (χ0v) is 22.7. The Morgan fingerprint density at radius 3 is 2.21 bits per heavy atom. The molecule has 0 bridgehead atoms. The maximum atomic E-state index is 12.9. The first-order valence-electron chi connectivity index (χ1n) is 12.2. The molecule has 4 heterocycles. The monoisotopic (exact) mass is 588 g/mol. The summed E-state index contributed by atoms with van der Waals surface area (Å²) in [4.78, 5) is 25.8. The van der Waals surface area contributed by atoms with E-state index in [0.29, 0.717) is 34.0 Å². The zero-order valence-electron chi connectivity index (χ0n) is 19.5. The van der Waals surface area contributed by atoms with Gasteiger partial charge in [0.15, 0.2) is 5.49 Å². The van der Waals surface area contributed by atoms with Crippen molar-refractivity contribution in [2.75, 3.05) is 0 Å². The van der Waals surface area contributed by atoms with E-state index in [9.17, 15) is 9.90 Å². The number of fused-ring (bicyclic) bond motifs is 2. The van der Waals surface area contributed by atoms with Crippen LogP contribution < -0.4 is 10.7 Å². The van der Waals surface area contributed by atoms with Crippen molar-refractivity contribution in [2.45, 2.75) is 77.7 Å². The van der Waals surface area contributed by atoms with Gasteiger partial charge in [-0.2, -0.15) is 4.99 Å². The van der Waals surface area contributed by atoms with Gasteiger partial charge in [0.25, 0.3) is 5.91 Å². The molecule has 1 aliphatic rings. The van der Waals surface area contributed by atoms with E-state index >= 15 is 0 Å². The SMILES string of the molecule is CCCCCCCCCCCCn1c(O)c(C2=c3cc(Br)cnc3=NC2=O)c2cc(Br)cnc21. The summed E-state index contributed by atoms with van der Waals surface area (Å²) in [6.45, 7) is 2.90. The molecular weight excluding hydrogens is 560 g/mol. The third kappa shape index (κ3) is 5.43. The van der Waals surface area contributed by atoms with Crippen molar-refractivity contribution in [1.29, 1.82) is 0 Å². The van der Waals surface area contributed by atoms with Gasteiger partial charge in [0.2, 0.25) is 5.88 Å². The van der Waals surface area contributed by atoms with Crippen LogP contribution >= 0.6 is 31.9 Å². The molecule has 6 nitrogen and oxygen atoms in total. The highest BCUT2D eigenvalue weighted by Crippen LogP contribution is 2.37. The quantitative estimate of drug-likeness (QED) is 0.265. The topological polar surface area (TPSA) is 80.4 Å². The Hall–Kier alpha value is -2.06. The van der Waals surface area contributed by atoms with Crippen molar-refractivity contribution in [1.82, 2.24) is 14.5 Å². The normalized spacial score (nSPS) is 13.0. The Kier molecular flexibility index (Phi) is 8.53. The number of carbonyl (C=O) groups excluding carboxylic acids is 1. The first-order chi connectivity index (χ1) is 16.5. The molecule has 180 valence electrons. The van der Waals surface area contributed by atoms with Crippen LogP contribution in [0.2, 0.25) is 0 Å². The van der Waals surface area contributed by atoms with E-state index < -0.39 is 5.91 Å². The van der Waals surface area contributed by atoms with Crippen molar-refractivity contribution in [3.05, 3.63) is 49.7 Å². The second-order valence-corrected chi connectivity index (χ2v) is 10.7. The van der Waals surface area contributed by atoms with Crippen LogP contribution in [0.1, 0.15) is 76.7 Å². The minimum atomic E-state index is -0.395. The van der Waals surface area contributed by atoms with Gasteiger partial charge in [0.1, 0.15) is 5.65 Å². The third-order valence-electron chi connectivity index (χ3n) is 6.35. The summed E-state index contributed by atoms with van der Waals surface area (Å²) in [5.41, 5.74) is 1.89. The van der Waals surface area contributed by atoms with Crippen molar-refractivity contribution >= 4 is 54.4 Å². The fourth-order valence-corrected chi connectivity index (χ4v) is 5.28. The van der Waals surface area contributed by atoms with Gasteiger partial charge in [-0.1, -0.05) is 64.7 Å². The fourth-order valence-electron chi connectivity index (χ4n) is 4.62. The van der Waals surface area contributed by atoms with Crippen LogP contribution in [-0.2, 0) is 11.3 Å². The van der Waals surface area contributed by atoms with E-state index in [4.69, 9.17) is 0 Å². The Balaban J connectivity index is 1.53.